The second-order valence-corrected chi connectivity index (χ2v) is 6.80. The maximum absolute atomic E-state index is 12.6. The minimum Gasteiger partial charge on any atom is -0.480 e. The molecule has 4 unspecified atom stereocenters. The summed E-state index contributed by atoms with van der Waals surface area (Å²) in [7, 11) is 0. The molecule has 0 fully saturated rings. The Morgan fingerprint density at radius 3 is 2.27 bits per heavy atom. The van der Waals surface area contributed by atoms with Crippen molar-refractivity contribution in [1.82, 2.24) is 25.9 Å². The van der Waals surface area contributed by atoms with Gasteiger partial charge in [-0.25, -0.2) is 9.78 Å². The Morgan fingerprint density at radius 2 is 1.77 bits per heavy atom. The van der Waals surface area contributed by atoms with Gasteiger partial charge in [-0.15, -0.1) is 0 Å². The lowest BCUT2D eigenvalue weighted by molar-refractivity contribution is -0.143. The summed E-state index contributed by atoms with van der Waals surface area (Å²) in [6.45, 7) is 1.39. The Hall–Kier alpha value is -3.13. The van der Waals surface area contributed by atoms with E-state index in [0.717, 1.165) is 0 Å². The van der Waals surface area contributed by atoms with Crippen molar-refractivity contribution in [3.05, 3.63) is 18.2 Å². The number of nitrogens with zero attached hydrogens (tertiary/aromatic N) is 1. The standard InChI is InChI=1S/C16H25N7O6S/c1-7(21-14(26)9(17)5-30)13(25)22-10(2-8-4-19-6-20-8)15(27)23-11(16(28)29)3-12(18)24/h4,6-7,9-11,30H,2-3,5,17H2,1H3,(H2,18,24)(H,19,20)(H,21,26)(H,22,25)(H,23,27)(H,28,29). The number of nitrogens with two attached hydrogens (primary N) is 2. The van der Waals surface area contributed by atoms with Crippen molar-refractivity contribution in [1.29, 1.82) is 0 Å². The van der Waals surface area contributed by atoms with Crippen LogP contribution in [0.4, 0.5) is 0 Å². The predicted octanol–water partition coefficient (Wildman–Crippen LogP) is -3.36. The Kier molecular flexibility index (Phi) is 9.77. The Balaban J connectivity index is 2.90. The van der Waals surface area contributed by atoms with E-state index in [-0.39, 0.29) is 12.2 Å². The van der Waals surface area contributed by atoms with Gasteiger partial charge >= 0.3 is 5.97 Å². The molecule has 0 radical (unpaired) electrons. The average Bonchev–Trinajstić information content (AvgIpc) is 3.18. The molecule has 0 spiro atoms. The highest BCUT2D eigenvalue weighted by Crippen LogP contribution is 2.02. The van der Waals surface area contributed by atoms with Gasteiger partial charge in [0.1, 0.15) is 18.1 Å². The SMILES string of the molecule is CC(NC(=O)C(N)CS)C(=O)NC(Cc1cnc[nH]1)C(=O)NC(CC(N)=O)C(=O)O. The van der Waals surface area contributed by atoms with Crippen molar-refractivity contribution in [2.75, 3.05) is 5.75 Å². The van der Waals surface area contributed by atoms with Crippen molar-refractivity contribution < 1.29 is 29.1 Å². The van der Waals surface area contributed by atoms with Crippen molar-refractivity contribution >= 4 is 42.2 Å². The molecule has 1 rings (SSSR count). The summed E-state index contributed by atoms with van der Waals surface area (Å²) >= 11 is 3.90. The van der Waals surface area contributed by atoms with Crippen LogP contribution in [0.3, 0.4) is 0 Å². The van der Waals surface area contributed by atoms with E-state index >= 15 is 0 Å². The van der Waals surface area contributed by atoms with Crippen molar-refractivity contribution in [3.63, 3.8) is 0 Å². The Labute approximate surface area is 177 Å². The van der Waals surface area contributed by atoms with Gasteiger partial charge < -0.3 is 37.5 Å². The third kappa shape index (κ3) is 8.08. The van der Waals surface area contributed by atoms with Gasteiger partial charge in [-0.3, -0.25) is 19.2 Å². The molecule has 14 heteroatoms. The highest BCUT2D eigenvalue weighted by molar-refractivity contribution is 7.80. The fourth-order valence-electron chi connectivity index (χ4n) is 2.26. The molecule has 0 bridgehead atoms. The maximum atomic E-state index is 12.6. The maximum Gasteiger partial charge on any atom is 0.326 e. The normalized spacial score (nSPS) is 14.6. The van der Waals surface area contributed by atoms with Gasteiger partial charge in [-0.05, 0) is 6.92 Å². The van der Waals surface area contributed by atoms with Gasteiger partial charge in [0.05, 0.1) is 18.8 Å². The largest absolute Gasteiger partial charge is 0.480 e. The molecule has 0 aliphatic heterocycles. The second kappa shape index (κ2) is 11.8. The third-order valence-electron chi connectivity index (χ3n) is 3.92. The van der Waals surface area contributed by atoms with Gasteiger partial charge in [0, 0.05) is 24.1 Å². The van der Waals surface area contributed by atoms with Crippen molar-refractivity contribution in [3.8, 4) is 0 Å². The minimum absolute atomic E-state index is 0.0582. The first-order valence-corrected chi connectivity index (χ1v) is 9.44. The number of imidazole rings is 1. The number of H-pyrrole nitrogens is 1. The average molecular weight is 443 g/mol. The lowest BCUT2D eigenvalue weighted by Gasteiger charge is -2.23. The molecule has 0 aliphatic rings. The summed E-state index contributed by atoms with van der Waals surface area (Å²) in [5.41, 5.74) is 11.0. The van der Waals surface area contributed by atoms with Crippen LogP contribution in [0, 0.1) is 0 Å². The second-order valence-electron chi connectivity index (χ2n) is 6.43. The van der Waals surface area contributed by atoms with Crippen LogP contribution in [0.2, 0.25) is 0 Å². The Bertz CT molecular complexity index is 772. The molecule has 4 atom stereocenters. The molecule has 0 saturated heterocycles. The number of carbonyl (C=O) groups is 5. The van der Waals surface area contributed by atoms with Crippen LogP contribution in [0.15, 0.2) is 12.5 Å². The topological polar surface area (TPSA) is 222 Å². The van der Waals surface area contributed by atoms with Crippen molar-refractivity contribution in [2.45, 2.75) is 43.9 Å². The fraction of sp³-hybridized carbons (Fsp3) is 0.500. The predicted molar refractivity (Wildman–Crippen MR) is 107 cm³/mol. The van der Waals surface area contributed by atoms with Crippen LogP contribution in [0.5, 0.6) is 0 Å². The van der Waals surface area contributed by atoms with Crippen LogP contribution in [0.1, 0.15) is 19.0 Å². The first-order chi connectivity index (χ1) is 14.0. The van der Waals surface area contributed by atoms with E-state index in [2.05, 4.69) is 38.5 Å². The third-order valence-corrected chi connectivity index (χ3v) is 4.31. The van der Waals surface area contributed by atoms with Crippen LogP contribution in [0.25, 0.3) is 0 Å². The Morgan fingerprint density at radius 1 is 1.13 bits per heavy atom. The molecule has 0 saturated carbocycles. The monoisotopic (exact) mass is 443 g/mol. The summed E-state index contributed by atoms with van der Waals surface area (Å²) in [5.74, 6) is -4.49. The number of carboxylic acid groups (broad SMARTS) is 1. The lowest BCUT2D eigenvalue weighted by atomic mass is 10.1. The lowest BCUT2D eigenvalue weighted by Crippen LogP contribution is -2.57. The molecule has 0 aromatic carbocycles. The van der Waals surface area contributed by atoms with E-state index in [1.165, 1.54) is 19.4 Å². The van der Waals surface area contributed by atoms with E-state index in [1.54, 1.807) is 0 Å². The van der Waals surface area contributed by atoms with Crippen LogP contribution < -0.4 is 27.4 Å². The van der Waals surface area contributed by atoms with E-state index in [9.17, 15) is 24.0 Å². The number of carbonyl (C=O) groups excluding carboxylic acids is 4. The molecule has 30 heavy (non-hydrogen) atoms. The summed E-state index contributed by atoms with van der Waals surface area (Å²) < 4.78 is 0. The van der Waals surface area contributed by atoms with Crippen LogP contribution >= 0.6 is 12.6 Å². The van der Waals surface area contributed by atoms with Crippen molar-refractivity contribution in [2.24, 2.45) is 11.5 Å². The number of primary amides is 1. The van der Waals surface area contributed by atoms with Crippen LogP contribution in [-0.2, 0) is 30.4 Å². The molecule has 1 aromatic rings. The van der Waals surface area contributed by atoms with E-state index in [4.69, 9.17) is 16.6 Å². The number of thiol groups is 1. The van der Waals surface area contributed by atoms with Crippen LogP contribution in [-0.4, -0.2) is 74.6 Å². The number of aromatic amines is 1. The summed E-state index contributed by atoms with van der Waals surface area (Å²) in [6, 6.07) is -4.76. The fourth-order valence-corrected chi connectivity index (χ4v) is 2.43. The number of aliphatic carboxylic acids is 1. The minimum atomic E-state index is -1.57. The van der Waals surface area contributed by atoms with E-state index in [1.807, 2.05) is 0 Å². The van der Waals surface area contributed by atoms with Gasteiger partial charge in [0.25, 0.3) is 0 Å². The number of amides is 4. The van der Waals surface area contributed by atoms with E-state index < -0.39 is 60.2 Å². The smallest absolute Gasteiger partial charge is 0.326 e. The van der Waals surface area contributed by atoms with Gasteiger partial charge in [-0.2, -0.15) is 12.6 Å². The number of rotatable bonds is 12. The highest BCUT2D eigenvalue weighted by atomic mass is 32.1. The van der Waals surface area contributed by atoms with Gasteiger partial charge in [-0.1, -0.05) is 0 Å². The highest BCUT2D eigenvalue weighted by Gasteiger charge is 2.29. The molecule has 9 N–H and O–H groups in total. The number of aromatic nitrogens is 2. The molecule has 0 aliphatic carbocycles. The number of carboxylic acids is 1. The zero-order chi connectivity index (χ0) is 22.8. The molecular formula is C16H25N7O6S. The summed E-state index contributed by atoms with van der Waals surface area (Å²) in [6.07, 6.45) is 2.10. The molecule has 166 valence electrons. The molecule has 1 heterocycles. The first kappa shape index (κ1) is 24.9. The molecule has 4 amide bonds. The zero-order valence-corrected chi connectivity index (χ0v) is 17.0. The first-order valence-electron chi connectivity index (χ1n) is 8.81. The number of hydrogen-bond donors (Lipinski definition) is 8. The molecular weight excluding hydrogens is 418 g/mol. The molecule has 1 aromatic heterocycles. The summed E-state index contributed by atoms with van der Waals surface area (Å²) in [5, 5.41) is 16.1. The summed E-state index contributed by atoms with van der Waals surface area (Å²) in [4.78, 5) is 65.8. The molecule has 13 nitrogen and oxygen atoms in total. The quantitative estimate of drug-likeness (QED) is 0.152. The van der Waals surface area contributed by atoms with Gasteiger partial charge in [0.2, 0.25) is 23.6 Å². The van der Waals surface area contributed by atoms with E-state index in [0.29, 0.717) is 5.69 Å². The zero-order valence-electron chi connectivity index (χ0n) is 16.1. The number of nitrogens with one attached hydrogen (secondary N) is 4. The number of hydrogen-bond acceptors (Lipinski definition) is 8. The van der Waals surface area contributed by atoms with Gasteiger partial charge in [0.15, 0.2) is 0 Å².